The fourth-order valence-corrected chi connectivity index (χ4v) is 2.68. The van der Waals surface area contributed by atoms with E-state index in [9.17, 15) is 0 Å². The van der Waals surface area contributed by atoms with Crippen molar-refractivity contribution in [3.8, 4) is 0 Å². The van der Waals surface area contributed by atoms with Crippen LogP contribution in [0, 0.1) is 6.92 Å². The first-order valence-electron chi connectivity index (χ1n) is 11.3. The number of benzene rings is 4. The molecule has 0 aromatic heterocycles. The zero-order chi connectivity index (χ0) is 23.4. The summed E-state index contributed by atoms with van der Waals surface area (Å²) in [6.07, 6.45) is 2.97. The molecule has 0 aliphatic carbocycles. The Labute approximate surface area is 196 Å². The van der Waals surface area contributed by atoms with E-state index in [2.05, 4.69) is 94.9 Å². The van der Waals surface area contributed by atoms with Crippen molar-refractivity contribution in [2.45, 2.75) is 40.0 Å². The fourth-order valence-electron chi connectivity index (χ4n) is 2.68. The molecule has 4 rings (SSSR count). The molecule has 0 nitrogen and oxygen atoms in total. The molecule has 0 heterocycles. The van der Waals surface area contributed by atoms with Crippen LogP contribution in [0.25, 0.3) is 6.08 Å². The Balaban J connectivity index is 0.000000214. The van der Waals surface area contributed by atoms with Gasteiger partial charge in [-0.05, 0) is 36.0 Å². The standard InChI is InChI=1S/C9H12.C8H10.C8H8.C7H8/c1-8(2)9-6-4-3-5-7-9;2*1-2-8-6-4-3-5-7-8;1-7-5-3-2-4-6-7/h3-8H,1-2H3;3-7H,2H2,1H3;2-7H,1H2;2-6H,1H3. The average Bonchev–Trinajstić information content (AvgIpc) is 2.87. The Bertz CT molecular complexity index is 924. The van der Waals surface area contributed by atoms with Crippen molar-refractivity contribution < 1.29 is 0 Å². The Morgan fingerprint density at radius 3 is 1.28 bits per heavy atom. The van der Waals surface area contributed by atoms with E-state index in [1.807, 2.05) is 66.7 Å². The number of aryl methyl sites for hydroxylation is 2. The molecule has 4 aromatic rings. The maximum atomic E-state index is 3.63. The van der Waals surface area contributed by atoms with E-state index in [4.69, 9.17) is 0 Å². The summed E-state index contributed by atoms with van der Waals surface area (Å²) in [7, 11) is 0. The van der Waals surface area contributed by atoms with Crippen LogP contribution in [0.2, 0.25) is 0 Å². The van der Waals surface area contributed by atoms with E-state index >= 15 is 0 Å². The summed E-state index contributed by atoms with van der Waals surface area (Å²) in [4.78, 5) is 0. The highest BCUT2D eigenvalue weighted by molar-refractivity contribution is 5.45. The van der Waals surface area contributed by atoms with Gasteiger partial charge < -0.3 is 0 Å². The van der Waals surface area contributed by atoms with Gasteiger partial charge in [-0.2, -0.15) is 0 Å². The van der Waals surface area contributed by atoms with E-state index in [-0.39, 0.29) is 0 Å². The van der Waals surface area contributed by atoms with E-state index < -0.39 is 0 Å². The highest BCUT2D eigenvalue weighted by Gasteiger charge is 1.93. The van der Waals surface area contributed by atoms with Crippen molar-refractivity contribution in [2.75, 3.05) is 0 Å². The van der Waals surface area contributed by atoms with Gasteiger partial charge in [-0.3, -0.25) is 0 Å². The Hall–Kier alpha value is -3.38. The summed E-state index contributed by atoms with van der Waals surface area (Å²) in [6.45, 7) is 12.3. The Kier molecular flexibility index (Phi) is 14.4. The molecule has 166 valence electrons. The van der Waals surface area contributed by atoms with Crippen molar-refractivity contribution in [3.63, 3.8) is 0 Å². The van der Waals surface area contributed by atoms with Crippen molar-refractivity contribution in [3.05, 3.63) is 150 Å². The van der Waals surface area contributed by atoms with E-state index in [0.717, 1.165) is 6.42 Å². The maximum Gasteiger partial charge on any atom is -0.0219 e. The lowest BCUT2D eigenvalue weighted by Crippen LogP contribution is -1.83. The molecule has 0 heteroatoms. The summed E-state index contributed by atoms with van der Waals surface area (Å²) in [5, 5.41) is 0. The second-order valence-corrected chi connectivity index (χ2v) is 7.67. The second-order valence-electron chi connectivity index (χ2n) is 7.67. The van der Waals surface area contributed by atoms with Crippen LogP contribution in [-0.2, 0) is 6.42 Å². The third kappa shape index (κ3) is 13.0. The van der Waals surface area contributed by atoms with Crippen LogP contribution in [0.4, 0.5) is 0 Å². The molecule has 0 amide bonds. The van der Waals surface area contributed by atoms with E-state index in [1.165, 1.54) is 22.3 Å². The highest BCUT2D eigenvalue weighted by Crippen LogP contribution is 2.11. The van der Waals surface area contributed by atoms with Gasteiger partial charge in [0.05, 0.1) is 0 Å². The van der Waals surface area contributed by atoms with Crippen LogP contribution in [-0.4, -0.2) is 0 Å². The summed E-state index contributed by atoms with van der Waals surface area (Å²) < 4.78 is 0. The minimum absolute atomic E-state index is 0.659. The van der Waals surface area contributed by atoms with Gasteiger partial charge in [-0.25, -0.2) is 0 Å². The average molecular weight is 423 g/mol. The predicted octanol–water partition coefficient (Wildman–Crippen LogP) is 9.38. The van der Waals surface area contributed by atoms with Crippen LogP contribution in [0.1, 0.15) is 48.9 Å². The Morgan fingerprint density at radius 1 is 0.625 bits per heavy atom. The highest BCUT2D eigenvalue weighted by atomic mass is 14.0. The number of hydrogen-bond donors (Lipinski definition) is 0. The molecular weight excluding hydrogens is 384 g/mol. The largest absolute Gasteiger partial charge is 0.0985 e. The van der Waals surface area contributed by atoms with E-state index in [1.54, 1.807) is 0 Å². The van der Waals surface area contributed by atoms with Crippen LogP contribution >= 0.6 is 0 Å². The topological polar surface area (TPSA) is 0 Å². The second kappa shape index (κ2) is 17.3. The molecule has 0 saturated heterocycles. The van der Waals surface area contributed by atoms with Crippen molar-refractivity contribution in [1.29, 1.82) is 0 Å². The molecule has 0 atom stereocenters. The summed E-state index contributed by atoms with van der Waals surface area (Å²) in [5.41, 5.74) is 5.32. The third-order valence-corrected chi connectivity index (χ3v) is 4.69. The first kappa shape index (κ1) is 26.7. The molecule has 0 bridgehead atoms. The van der Waals surface area contributed by atoms with Gasteiger partial charge >= 0.3 is 0 Å². The predicted molar refractivity (Wildman–Crippen MR) is 144 cm³/mol. The molecule has 4 aromatic carbocycles. The smallest absolute Gasteiger partial charge is 0.0219 e. The molecule has 0 saturated carbocycles. The summed E-state index contributed by atoms with van der Waals surface area (Å²) >= 11 is 0. The van der Waals surface area contributed by atoms with E-state index in [0.29, 0.717) is 5.92 Å². The first-order valence-corrected chi connectivity index (χ1v) is 11.3. The van der Waals surface area contributed by atoms with Crippen molar-refractivity contribution in [1.82, 2.24) is 0 Å². The zero-order valence-corrected chi connectivity index (χ0v) is 20.1. The third-order valence-electron chi connectivity index (χ3n) is 4.69. The van der Waals surface area contributed by atoms with Gasteiger partial charge in [0.15, 0.2) is 0 Å². The first-order chi connectivity index (χ1) is 15.6. The number of rotatable bonds is 3. The quantitative estimate of drug-likeness (QED) is 0.308. The molecule has 0 radical (unpaired) electrons. The number of hydrogen-bond acceptors (Lipinski definition) is 0. The summed E-state index contributed by atoms with van der Waals surface area (Å²) in [5.74, 6) is 0.659. The monoisotopic (exact) mass is 422 g/mol. The lowest BCUT2D eigenvalue weighted by molar-refractivity contribution is 0.867. The SMILES string of the molecule is C=Cc1ccccc1.CC(C)c1ccccc1.CCc1ccccc1.Cc1ccccc1. The summed E-state index contributed by atoms with van der Waals surface area (Å²) in [6, 6.07) is 41.3. The zero-order valence-electron chi connectivity index (χ0n) is 20.1. The van der Waals surface area contributed by atoms with Gasteiger partial charge in [0.1, 0.15) is 0 Å². The molecule has 32 heavy (non-hydrogen) atoms. The molecule has 0 N–H and O–H groups in total. The maximum absolute atomic E-state index is 3.63. The van der Waals surface area contributed by atoms with Crippen molar-refractivity contribution >= 4 is 6.08 Å². The normalized spacial score (nSPS) is 9.16. The molecule has 0 aliphatic heterocycles. The van der Waals surface area contributed by atoms with Crippen LogP contribution in [0.3, 0.4) is 0 Å². The van der Waals surface area contributed by atoms with Gasteiger partial charge in [0.2, 0.25) is 0 Å². The van der Waals surface area contributed by atoms with Crippen molar-refractivity contribution in [2.24, 2.45) is 0 Å². The fraction of sp³-hybridized carbons (Fsp3) is 0.188. The lowest BCUT2D eigenvalue weighted by atomic mass is 10.0. The molecular formula is C32H38. The molecule has 0 unspecified atom stereocenters. The van der Waals surface area contributed by atoms with Crippen LogP contribution < -0.4 is 0 Å². The minimum atomic E-state index is 0.659. The van der Waals surface area contributed by atoms with Gasteiger partial charge in [-0.1, -0.05) is 160 Å². The van der Waals surface area contributed by atoms with Gasteiger partial charge in [0.25, 0.3) is 0 Å². The Morgan fingerprint density at radius 2 is 1.03 bits per heavy atom. The molecule has 0 spiro atoms. The van der Waals surface area contributed by atoms with Crippen LogP contribution in [0.15, 0.2) is 128 Å². The van der Waals surface area contributed by atoms with Gasteiger partial charge in [-0.15, -0.1) is 0 Å². The minimum Gasteiger partial charge on any atom is -0.0985 e. The van der Waals surface area contributed by atoms with Gasteiger partial charge in [0, 0.05) is 0 Å². The van der Waals surface area contributed by atoms with Crippen LogP contribution in [0.5, 0.6) is 0 Å². The lowest BCUT2D eigenvalue weighted by Gasteiger charge is -2.01. The molecule has 0 aliphatic rings. The molecule has 0 fully saturated rings.